The third-order valence-electron chi connectivity index (χ3n) is 4.18. The summed E-state index contributed by atoms with van der Waals surface area (Å²) in [7, 11) is 3.07. The Morgan fingerprint density at radius 1 is 1.05 bits per heavy atom. The molecular formula is C17H17NO4. The zero-order valence-electron chi connectivity index (χ0n) is 13.0. The zero-order chi connectivity index (χ0) is 16.0. The Bertz CT molecular complexity index is 890. The lowest BCUT2D eigenvalue weighted by atomic mass is 10.1. The molecule has 1 aromatic carbocycles. The van der Waals surface area contributed by atoms with Crippen molar-refractivity contribution in [3.05, 3.63) is 39.8 Å². The summed E-state index contributed by atoms with van der Waals surface area (Å²) in [5, 5.41) is 1.10. The Kier molecular flexibility index (Phi) is 3.28. The molecule has 22 heavy (non-hydrogen) atoms. The first kappa shape index (κ1) is 14.4. The average molecular weight is 299 g/mol. The lowest BCUT2D eigenvalue weighted by Gasteiger charge is -2.11. The number of carbonyl (C=O) groups is 1. The first-order valence-electron chi connectivity index (χ1n) is 7.10. The minimum absolute atomic E-state index is 0.233. The van der Waals surface area contributed by atoms with Gasteiger partial charge in [0.25, 0.3) is 11.5 Å². The van der Waals surface area contributed by atoms with Crippen LogP contribution >= 0.6 is 0 Å². The van der Waals surface area contributed by atoms with Crippen molar-refractivity contribution in [2.45, 2.75) is 20.3 Å². The fourth-order valence-corrected chi connectivity index (χ4v) is 2.99. The smallest absolute Gasteiger partial charge is 0.266 e. The van der Waals surface area contributed by atoms with Gasteiger partial charge in [0.2, 0.25) is 0 Å². The van der Waals surface area contributed by atoms with E-state index in [1.807, 2.05) is 19.9 Å². The van der Waals surface area contributed by atoms with Crippen molar-refractivity contribution in [2.24, 2.45) is 0 Å². The Morgan fingerprint density at radius 2 is 1.77 bits per heavy atom. The summed E-state index contributed by atoms with van der Waals surface area (Å²) in [4.78, 5) is 25.2. The quantitative estimate of drug-likeness (QED) is 0.874. The summed E-state index contributed by atoms with van der Waals surface area (Å²) < 4.78 is 11.8. The van der Waals surface area contributed by atoms with Gasteiger partial charge in [-0.1, -0.05) is 6.92 Å². The Labute approximate surface area is 127 Å². The van der Waals surface area contributed by atoms with Gasteiger partial charge in [-0.25, -0.2) is 4.57 Å². The van der Waals surface area contributed by atoms with Gasteiger partial charge < -0.3 is 9.47 Å². The average Bonchev–Trinajstić information content (AvgIpc) is 2.77. The van der Waals surface area contributed by atoms with Gasteiger partial charge in [-0.05, 0) is 31.1 Å². The summed E-state index contributed by atoms with van der Waals surface area (Å²) in [6.07, 6.45) is 0.600. The summed E-state index contributed by atoms with van der Waals surface area (Å²) in [5.74, 6) is 0.844. The molecule has 114 valence electrons. The second-order valence-electron chi connectivity index (χ2n) is 5.22. The molecule has 3 rings (SSSR count). The highest BCUT2D eigenvalue weighted by Crippen LogP contribution is 2.34. The molecule has 2 heterocycles. The van der Waals surface area contributed by atoms with Gasteiger partial charge in [0.15, 0.2) is 0 Å². The molecule has 1 aliphatic rings. The van der Waals surface area contributed by atoms with E-state index < -0.39 is 0 Å². The molecule has 0 aliphatic carbocycles. The molecule has 5 heteroatoms. The summed E-state index contributed by atoms with van der Waals surface area (Å²) >= 11 is 0. The molecule has 0 saturated heterocycles. The van der Waals surface area contributed by atoms with Gasteiger partial charge in [-0.15, -0.1) is 0 Å². The predicted molar refractivity (Wildman–Crippen MR) is 84.8 cm³/mol. The second kappa shape index (κ2) is 5.02. The van der Waals surface area contributed by atoms with Crippen molar-refractivity contribution < 1.29 is 14.3 Å². The van der Waals surface area contributed by atoms with Crippen LogP contribution in [0, 0.1) is 0 Å². The van der Waals surface area contributed by atoms with E-state index >= 15 is 0 Å². The van der Waals surface area contributed by atoms with Crippen molar-refractivity contribution in [1.82, 2.24) is 4.57 Å². The fraction of sp³-hybridized carbons (Fsp3) is 0.294. The lowest BCUT2D eigenvalue weighted by molar-refractivity contribution is 0.0955. The van der Waals surface area contributed by atoms with Crippen molar-refractivity contribution in [1.29, 1.82) is 0 Å². The van der Waals surface area contributed by atoms with Crippen LogP contribution in [0.25, 0.3) is 16.3 Å². The number of allylic oxidation sites excluding steroid dienone is 2. The molecule has 0 fully saturated rings. The monoisotopic (exact) mass is 299 g/mol. The highest BCUT2D eigenvalue weighted by Gasteiger charge is 2.28. The number of rotatable bonds is 3. The van der Waals surface area contributed by atoms with Crippen molar-refractivity contribution in [3.63, 3.8) is 0 Å². The summed E-state index contributed by atoms with van der Waals surface area (Å²) in [5.41, 5.74) is 1.84. The molecular weight excluding hydrogens is 282 g/mol. The maximum atomic E-state index is 12.8. The molecule has 0 bridgehead atoms. The predicted octanol–water partition coefficient (Wildman–Crippen LogP) is 2.86. The van der Waals surface area contributed by atoms with Crippen LogP contribution in [-0.2, 0) is 0 Å². The highest BCUT2D eigenvalue weighted by atomic mass is 16.5. The van der Waals surface area contributed by atoms with Gasteiger partial charge in [0.1, 0.15) is 11.5 Å². The van der Waals surface area contributed by atoms with E-state index in [1.54, 1.807) is 19.2 Å². The van der Waals surface area contributed by atoms with Crippen LogP contribution < -0.4 is 15.0 Å². The van der Waals surface area contributed by atoms with E-state index in [1.165, 1.54) is 11.7 Å². The number of methoxy groups -OCH3 is 2. The van der Waals surface area contributed by atoms with E-state index in [0.29, 0.717) is 40.0 Å². The number of pyridine rings is 1. The van der Waals surface area contributed by atoms with Gasteiger partial charge in [0.05, 0.1) is 25.3 Å². The maximum absolute atomic E-state index is 12.8. The molecule has 0 spiro atoms. The van der Waals surface area contributed by atoms with Crippen LogP contribution in [0.5, 0.6) is 11.5 Å². The number of carbonyl (C=O) groups excluding carboxylic acids is 1. The van der Waals surface area contributed by atoms with E-state index in [-0.39, 0.29) is 11.5 Å². The molecule has 0 saturated carbocycles. The standard InChI is InChI=1S/C17H17NO4/c1-5-11-9(2)14-8-12-13(17(20)18(14)16(11)19)6-10(21-3)7-15(12)22-4/h6-8H,5H2,1-4H3. The van der Waals surface area contributed by atoms with Crippen LogP contribution in [0.3, 0.4) is 0 Å². The van der Waals surface area contributed by atoms with E-state index in [0.717, 1.165) is 5.57 Å². The fourth-order valence-electron chi connectivity index (χ4n) is 2.99. The number of hydrogen-bond donors (Lipinski definition) is 0. The molecule has 0 atom stereocenters. The third kappa shape index (κ3) is 1.78. The van der Waals surface area contributed by atoms with Crippen LogP contribution in [0.4, 0.5) is 0 Å². The van der Waals surface area contributed by atoms with Gasteiger partial charge in [-0.3, -0.25) is 9.59 Å². The van der Waals surface area contributed by atoms with E-state index in [2.05, 4.69) is 0 Å². The number of hydrogen-bond acceptors (Lipinski definition) is 4. The van der Waals surface area contributed by atoms with Crippen LogP contribution in [0.2, 0.25) is 0 Å². The van der Waals surface area contributed by atoms with Gasteiger partial charge in [0, 0.05) is 17.0 Å². The zero-order valence-corrected chi connectivity index (χ0v) is 13.0. The SMILES string of the molecule is CCC1=C(C)c2cc3c(OC)cc(OC)cc3c(=O)n2C1=O. The maximum Gasteiger partial charge on any atom is 0.266 e. The van der Waals surface area contributed by atoms with Gasteiger partial charge >= 0.3 is 0 Å². The molecule has 1 aromatic heterocycles. The van der Waals surface area contributed by atoms with E-state index in [4.69, 9.17) is 9.47 Å². The highest BCUT2D eigenvalue weighted by molar-refractivity contribution is 6.10. The molecule has 0 radical (unpaired) electrons. The number of fused-ring (bicyclic) bond motifs is 2. The second-order valence-corrected chi connectivity index (χ2v) is 5.22. The first-order chi connectivity index (χ1) is 10.5. The molecule has 5 nitrogen and oxygen atoms in total. The van der Waals surface area contributed by atoms with Crippen LogP contribution in [-0.4, -0.2) is 24.7 Å². The van der Waals surface area contributed by atoms with Crippen molar-refractivity contribution >= 4 is 22.3 Å². The third-order valence-corrected chi connectivity index (χ3v) is 4.18. The number of benzene rings is 1. The van der Waals surface area contributed by atoms with Gasteiger partial charge in [-0.2, -0.15) is 0 Å². The lowest BCUT2D eigenvalue weighted by Crippen LogP contribution is -2.26. The number of ether oxygens (including phenoxy) is 2. The van der Waals surface area contributed by atoms with Crippen molar-refractivity contribution in [3.8, 4) is 11.5 Å². The summed E-state index contributed by atoms with van der Waals surface area (Å²) in [6.45, 7) is 3.79. The molecule has 1 aliphatic heterocycles. The van der Waals surface area contributed by atoms with Crippen molar-refractivity contribution in [2.75, 3.05) is 14.2 Å². The first-order valence-corrected chi connectivity index (χ1v) is 7.10. The Morgan fingerprint density at radius 3 is 2.36 bits per heavy atom. The summed E-state index contributed by atoms with van der Waals surface area (Å²) in [6, 6.07) is 5.21. The number of nitrogens with zero attached hydrogens (tertiary/aromatic N) is 1. The van der Waals surface area contributed by atoms with Crippen LogP contribution in [0.15, 0.2) is 28.6 Å². The molecule has 2 aromatic rings. The normalized spacial score (nSPS) is 13.7. The largest absolute Gasteiger partial charge is 0.497 e. The van der Waals surface area contributed by atoms with Crippen LogP contribution in [0.1, 0.15) is 30.8 Å². The Balaban J connectivity index is 2.44. The Hall–Kier alpha value is -2.56. The molecule has 0 amide bonds. The minimum Gasteiger partial charge on any atom is -0.497 e. The molecule has 0 N–H and O–H groups in total. The van der Waals surface area contributed by atoms with E-state index in [9.17, 15) is 9.59 Å². The topological polar surface area (TPSA) is 57.5 Å². The molecule has 0 unspecified atom stereocenters. The number of aromatic nitrogens is 1. The minimum atomic E-state index is -0.336.